The van der Waals surface area contributed by atoms with E-state index >= 15 is 0 Å². The molecule has 0 spiro atoms. The van der Waals surface area contributed by atoms with E-state index in [1.54, 1.807) is 18.2 Å². The molecule has 0 aliphatic rings. The Bertz CT molecular complexity index is 1050. The summed E-state index contributed by atoms with van der Waals surface area (Å²) in [6.07, 6.45) is 3.81. The first-order valence-electron chi connectivity index (χ1n) is 9.90. The minimum atomic E-state index is -0.726. The number of amides is 2. The van der Waals surface area contributed by atoms with Gasteiger partial charge in [-0.1, -0.05) is 61.9 Å². The van der Waals surface area contributed by atoms with Crippen LogP contribution in [0.1, 0.15) is 25.8 Å². The van der Waals surface area contributed by atoms with Gasteiger partial charge in [-0.15, -0.1) is 10.2 Å². The van der Waals surface area contributed by atoms with Crippen LogP contribution in [-0.4, -0.2) is 28.1 Å². The second-order valence-electron chi connectivity index (χ2n) is 7.02. The van der Waals surface area contributed by atoms with Crippen molar-refractivity contribution in [1.82, 2.24) is 15.5 Å². The number of hydrogen-bond acceptors (Lipinski definition) is 5. The van der Waals surface area contributed by atoms with E-state index in [-0.39, 0.29) is 23.5 Å². The first-order chi connectivity index (χ1) is 15.0. The van der Waals surface area contributed by atoms with Crippen LogP contribution in [0.25, 0.3) is 16.6 Å². The monoisotopic (exact) mass is 438 g/mol. The Kier molecular flexibility index (Phi) is 7.61. The highest BCUT2D eigenvalue weighted by atomic mass is 32.1. The lowest BCUT2D eigenvalue weighted by Crippen LogP contribution is -2.47. The molecule has 0 saturated carbocycles. The molecule has 1 heterocycles. The van der Waals surface area contributed by atoms with Gasteiger partial charge < -0.3 is 5.32 Å². The minimum absolute atomic E-state index is 0.0847. The fraction of sp³-hybridized carbons (Fsp3) is 0.217. The molecular weight excluding hydrogens is 415 g/mol. The average molecular weight is 439 g/mol. The molecule has 0 aliphatic carbocycles. The van der Waals surface area contributed by atoms with E-state index < -0.39 is 6.04 Å². The van der Waals surface area contributed by atoms with Gasteiger partial charge in [-0.25, -0.2) is 4.39 Å². The van der Waals surface area contributed by atoms with Crippen molar-refractivity contribution in [1.29, 1.82) is 0 Å². The Morgan fingerprint density at radius 1 is 1.10 bits per heavy atom. The number of halogens is 1. The van der Waals surface area contributed by atoms with Crippen LogP contribution < -0.4 is 10.6 Å². The van der Waals surface area contributed by atoms with Gasteiger partial charge in [-0.05, 0) is 41.8 Å². The highest BCUT2D eigenvalue weighted by Gasteiger charge is 2.26. The summed E-state index contributed by atoms with van der Waals surface area (Å²) in [6.45, 7) is 3.85. The zero-order valence-corrected chi connectivity index (χ0v) is 18.0. The number of nitrogens with zero attached hydrogens (tertiary/aromatic N) is 2. The van der Waals surface area contributed by atoms with Gasteiger partial charge in [-0.2, -0.15) is 0 Å². The van der Waals surface area contributed by atoms with Gasteiger partial charge in [0.05, 0.1) is 0 Å². The fourth-order valence-electron chi connectivity index (χ4n) is 2.81. The van der Waals surface area contributed by atoms with Crippen LogP contribution in [0.4, 0.5) is 9.52 Å². The molecule has 2 aromatic carbocycles. The van der Waals surface area contributed by atoms with Crippen molar-refractivity contribution >= 4 is 34.4 Å². The SMILES string of the molecule is CCC(C)C(NC(=O)/C=C/c1ccccc1)C(=O)Nc1nnc(-c2ccc(F)cc2)s1. The average Bonchev–Trinajstić information content (AvgIpc) is 3.25. The van der Waals surface area contributed by atoms with Crippen LogP contribution in [0.2, 0.25) is 0 Å². The standard InChI is InChI=1S/C23H23FN4O2S/c1-3-15(2)20(25-19(29)14-9-16-7-5-4-6-8-16)21(30)26-23-28-27-22(31-23)17-10-12-18(24)13-11-17/h4-15,20H,3H2,1-2H3,(H,25,29)(H,26,28,30)/b14-9+. The van der Waals surface area contributed by atoms with E-state index in [0.717, 1.165) is 5.56 Å². The van der Waals surface area contributed by atoms with Crippen molar-refractivity contribution in [3.05, 3.63) is 72.1 Å². The van der Waals surface area contributed by atoms with E-state index in [1.165, 1.54) is 29.5 Å². The number of anilines is 1. The maximum Gasteiger partial charge on any atom is 0.249 e. The maximum atomic E-state index is 13.1. The first-order valence-corrected chi connectivity index (χ1v) is 10.7. The molecule has 8 heteroatoms. The van der Waals surface area contributed by atoms with Crippen molar-refractivity contribution in [3.63, 3.8) is 0 Å². The number of carbonyl (C=O) groups is 2. The molecule has 0 radical (unpaired) electrons. The zero-order valence-electron chi connectivity index (χ0n) is 17.2. The number of nitrogens with one attached hydrogen (secondary N) is 2. The summed E-state index contributed by atoms with van der Waals surface area (Å²) in [5, 5.41) is 14.4. The number of benzene rings is 2. The van der Waals surface area contributed by atoms with Gasteiger partial charge in [0, 0.05) is 11.6 Å². The second-order valence-corrected chi connectivity index (χ2v) is 8.00. The quantitative estimate of drug-likeness (QED) is 0.506. The summed E-state index contributed by atoms with van der Waals surface area (Å²) in [6, 6.07) is 14.6. The summed E-state index contributed by atoms with van der Waals surface area (Å²) in [5.41, 5.74) is 1.60. The van der Waals surface area contributed by atoms with Crippen LogP contribution in [0.15, 0.2) is 60.7 Å². The van der Waals surface area contributed by atoms with E-state index in [1.807, 2.05) is 44.2 Å². The molecule has 2 atom stereocenters. The normalized spacial score (nSPS) is 13.0. The number of aromatic nitrogens is 2. The van der Waals surface area contributed by atoms with Gasteiger partial charge in [0.25, 0.3) is 0 Å². The van der Waals surface area contributed by atoms with E-state index in [0.29, 0.717) is 22.1 Å². The number of rotatable bonds is 8. The molecule has 3 rings (SSSR count). The van der Waals surface area contributed by atoms with Crippen LogP contribution in [0.5, 0.6) is 0 Å². The highest BCUT2D eigenvalue weighted by molar-refractivity contribution is 7.18. The molecule has 2 N–H and O–H groups in total. The van der Waals surface area contributed by atoms with Crippen molar-refractivity contribution in [2.24, 2.45) is 5.92 Å². The third-order valence-corrected chi connectivity index (χ3v) is 5.65. The van der Waals surface area contributed by atoms with Crippen LogP contribution in [0.3, 0.4) is 0 Å². The topological polar surface area (TPSA) is 84.0 Å². The molecule has 2 unspecified atom stereocenters. The Hall–Kier alpha value is -3.39. The third-order valence-electron chi connectivity index (χ3n) is 4.77. The molecule has 0 aliphatic heterocycles. The van der Waals surface area contributed by atoms with Gasteiger partial charge in [-0.3, -0.25) is 14.9 Å². The van der Waals surface area contributed by atoms with Crippen molar-refractivity contribution in [3.8, 4) is 10.6 Å². The second kappa shape index (κ2) is 10.6. The lowest BCUT2D eigenvalue weighted by atomic mass is 9.98. The summed E-state index contributed by atoms with van der Waals surface area (Å²) < 4.78 is 13.1. The molecule has 160 valence electrons. The predicted octanol–water partition coefficient (Wildman–Crippen LogP) is 4.53. The molecule has 0 saturated heterocycles. The maximum absolute atomic E-state index is 13.1. The molecule has 2 amide bonds. The van der Waals surface area contributed by atoms with Gasteiger partial charge in [0.2, 0.25) is 16.9 Å². The molecule has 0 bridgehead atoms. The summed E-state index contributed by atoms with van der Waals surface area (Å²) in [7, 11) is 0. The lowest BCUT2D eigenvalue weighted by Gasteiger charge is -2.22. The molecular formula is C23H23FN4O2S. The van der Waals surface area contributed by atoms with Crippen molar-refractivity contribution in [2.75, 3.05) is 5.32 Å². The fourth-order valence-corrected chi connectivity index (χ4v) is 3.56. The Balaban J connectivity index is 1.66. The summed E-state index contributed by atoms with van der Waals surface area (Å²) >= 11 is 1.18. The van der Waals surface area contributed by atoms with Crippen LogP contribution in [0, 0.1) is 11.7 Å². The third kappa shape index (κ3) is 6.29. The summed E-state index contributed by atoms with van der Waals surface area (Å²) in [5.74, 6) is -1.14. The van der Waals surface area contributed by atoms with Gasteiger partial charge in [0.1, 0.15) is 16.9 Å². The molecule has 1 aromatic heterocycles. The summed E-state index contributed by atoms with van der Waals surface area (Å²) in [4.78, 5) is 25.2. The van der Waals surface area contributed by atoms with Crippen LogP contribution >= 0.6 is 11.3 Å². The molecule has 31 heavy (non-hydrogen) atoms. The van der Waals surface area contributed by atoms with Crippen molar-refractivity contribution in [2.45, 2.75) is 26.3 Å². The minimum Gasteiger partial charge on any atom is -0.340 e. The van der Waals surface area contributed by atoms with E-state index in [2.05, 4.69) is 20.8 Å². The molecule has 3 aromatic rings. The molecule has 6 nitrogen and oxygen atoms in total. The van der Waals surface area contributed by atoms with E-state index in [9.17, 15) is 14.0 Å². The van der Waals surface area contributed by atoms with Crippen LogP contribution in [-0.2, 0) is 9.59 Å². The number of carbonyl (C=O) groups excluding carboxylic acids is 2. The smallest absolute Gasteiger partial charge is 0.249 e. The first kappa shape index (κ1) is 22.3. The highest BCUT2D eigenvalue weighted by Crippen LogP contribution is 2.26. The van der Waals surface area contributed by atoms with Gasteiger partial charge >= 0.3 is 0 Å². The van der Waals surface area contributed by atoms with Gasteiger partial charge in [0.15, 0.2) is 0 Å². The zero-order chi connectivity index (χ0) is 22.2. The number of hydrogen-bond donors (Lipinski definition) is 2. The van der Waals surface area contributed by atoms with Crippen molar-refractivity contribution < 1.29 is 14.0 Å². The molecule has 0 fully saturated rings. The predicted molar refractivity (Wildman–Crippen MR) is 121 cm³/mol. The Labute approximate surface area is 184 Å². The lowest BCUT2D eigenvalue weighted by molar-refractivity contribution is -0.125. The van der Waals surface area contributed by atoms with E-state index in [4.69, 9.17) is 0 Å². The largest absolute Gasteiger partial charge is 0.340 e. The Morgan fingerprint density at radius 3 is 2.48 bits per heavy atom. The Morgan fingerprint density at radius 2 is 1.81 bits per heavy atom.